The Kier molecular flexibility index (Phi) is 3.98. The Hall–Kier alpha value is -1.92. The zero-order chi connectivity index (χ0) is 12.1. The Morgan fingerprint density at radius 3 is 2.56 bits per heavy atom. The van der Waals surface area contributed by atoms with E-state index in [9.17, 15) is 9.59 Å². The van der Waals surface area contributed by atoms with E-state index in [1.807, 2.05) is 0 Å². The van der Waals surface area contributed by atoms with Crippen molar-refractivity contribution in [1.29, 1.82) is 0 Å². The molecule has 0 aliphatic rings. The Labute approximate surface area is 91.6 Å². The standard InChI is InChI=1S/C10H12N2O4/c11-8(10(14)15)5-6-3-1-2-4-7(6)9(13)12-16/h1-4,8,16H,5,11H2,(H,12,13)(H,14,15)/t8-/m0/s1. The van der Waals surface area contributed by atoms with Crippen LogP contribution in [-0.2, 0) is 11.2 Å². The topological polar surface area (TPSA) is 113 Å². The molecule has 0 saturated heterocycles. The molecule has 0 aliphatic carbocycles. The molecule has 86 valence electrons. The minimum atomic E-state index is -1.14. The summed E-state index contributed by atoms with van der Waals surface area (Å²) in [5.41, 5.74) is 7.55. The van der Waals surface area contributed by atoms with Crippen molar-refractivity contribution in [3.63, 3.8) is 0 Å². The van der Waals surface area contributed by atoms with Crippen LogP contribution < -0.4 is 11.2 Å². The molecule has 0 heterocycles. The summed E-state index contributed by atoms with van der Waals surface area (Å²) in [6.45, 7) is 0. The number of carboxylic acids is 1. The third-order valence-corrected chi connectivity index (χ3v) is 2.12. The summed E-state index contributed by atoms with van der Waals surface area (Å²) in [6, 6.07) is 5.27. The SMILES string of the molecule is N[C@@H](Cc1ccccc1C(=O)NO)C(=O)O. The molecule has 1 rings (SSSR count). The molecule has 0 bridgehead atoms. The zero-order valence-electron chi connectivity index (χ0n) is 8.38. The van der Waals surface area contributed by atoms with Crippen LogP contribution in [0.15, 0.2) is 24.3 Å². The molecule has 16 heavy (non-hydrogen) atoms. The summed E-state index contributed by atoms with van der Waals surface area (Å²) in [6.07, 6.45) is 0.0267. The molecule has 1 amide bonds. The zero-order valence-corrected chi connectivity index (χ0v) is 8.38. The molecule has 6 nitrogen and oxygen atoms in total. The van der Waals surface area contributed by atoms with Crippen LogP contribution >= 0.6 is 0 Å². The minimum Gasteiger partial charge on any atom is -0.480 e. The smallest absolute Gasteiger partial charge is 0.320 e. The van der Waals surface area contributed by atoms with Gasteiger partial charge in [-0.05, 0) is 18.1 Å². The lowest BCUT2D eigenvalue weighted by Gasteiger charge is -2.10. The van der Waals surface area contributed by atoms with Crippen molar-refractivity contribution >= 4 is 11.9 Å². The number of carboxylic acid groups (broad SMARTS) is 1. The third kappa shape index (κ3) is 2.78. The highest BCUT2D eigenvalue weighted by molar-refractivity contribution is 5.95. The van der Waals surface area contributed by atoms with Crippen LogP contribution in [0, 0.1) is 0 Å². The number of nitrogens with one attached hydrogen (secondary N) is 1. The van der Waals surface area contributed by atoms with Gasteiger partial charge in [-0.15, -0.1) is 0 Å². The monoisotopic (exact) mass is 224 g/mol. The molecule has 0 saturated carbocycles. The maximum absolute atomic E-state index is 11.2. The highest BCUT2D eigenvalue weighted by Gasteiger charge is 2.16. The number of rotatable bonds is 4. The number of hydrogen-bond donors (Lipinski definition) is 4. The Balaban J connectivity index is 2.95. The average molecular weight is 224 g/mol. The van der Waals surface area contributed by atoms with E-state index in [1.54, 1.807) is 18.2 Å². The Morgan fingerprint density at radius 1 is 1.38 bits per heavy atom. The van der Waals surface area contributed by atoms with Crippen LogP contribution in [0.2, 0.25) is 0 Å². The Bertz CT molecular complexity index is 406. The molecular formula is C10H12N2O4. The average Bonchev–Trinajstić information content (AvgIpc) is 2.28. The summed E-state index contributed by atoms with van der Waals surface area (Å²) in [4.78, 5) is 21.8. The normalized spacial score (nSPS) is 11.9. The van der Waals surface area contributed by atoms with Crippen molar-refractivity contribution in [2.75, 3.05) is 0 Å². The fourth-order valence-electron chi connectivity index (χ4n) is 1.30. The van der Waals surface area contributed by atoms with E-state index in [1.165, 1.54) is 11.5 Å². The Morgan fingerprint density at radius 2 is 2.00 bits per heavy atom. The fraction of sp³-hybridized carbons (Fsp3) is 0.200. The van der Waals surface area contributed by atoms with E-state index < -0.39 is 17.9 Å². The second-order valence-corrected chi connectivity index (χ2v) is 3.25. The van der Waals surface area contributed by atoms with E-state index >= 15 is 0 Å². The molecule has 0 aromatic heterocycles. The fourth-order valence-corrected chi connectivity index (χ4v) is 1.30. The van der Waals surface area contributed by atoms with Gasteiger partial charge in [0.2, 0.25) is 0 Å². The summed E-state index contributed by atoms with van der Waals surface area (Å²) in [5, 5.41) is 17.2. The summed E-state index contributed by atoms with van der Waals surface area (Å²) in [7, 11) is 0. The lowest BCUT2D eigenvalue weighted by atomic mass is 10.0. The first kappa shape index (κ1) is 12.2. The predicted molar refractivity (Wildman–Crippen MR) is 55.0 cm³/mol. The second-order valence-electron chi connectivity index (χ2n) is 3.25. The number of aliphatic carboxylic acids is 1. The first-order chi connectivity index (χ1) is 7.56. The maximum Gasteiger partial charge on any atom is 0.320 e. The molecule has 0 fully saturated rings. The summed E-state index contributed by atoms with van der Waals surface area (Å²) < 4.78 is 0. The minimum absolute atomic E-state index is 0.0267. The molecule has 1 atom stereocenters. The van der Waals surface area contributed by atoms with E-state index in [2.05, 4.69) is 0 Å². The molecule has 0 unspecified atom stereocenters. The second kappa shape index (κ2) is 5.24. The van der Waals surface area contributed by atoms with E-state index in [0.29, 0.717) is 5.56 Å². The molecule has 0 spiro atoms. The first-order valence-corrected chi connectivity index (χ1v) is 4.57. The van der Waals surface area contributed by atoms with Gasteiger partial charge in [0.1, 0.15) is 6.04 Å². The first-order valence-electron chi connectivity index (χ1n) is 4.57. The number of hydrogen-bond acceptors (Lipinski definition) is 4. The highest BCUT2D eigenvalue weighted by atomic mass is 16.5. The van der Waals surface area contributed by atoms with Crippen LogP contribution in [-0.4, -0.2) is 28.2 Å². The molecule has 6 heteroatoms. The van der Waals surface area contributed by atoms with Crippen LogP contribution in [0.1, 0.15) is 15.9 Å². The van der Waals surface area contributed by atoms with E-state index in [4.69, 9.17) is 16.0 Å². The summed E-state index contributed by atoms with van der Waals surface area (Å²) in [5.74, 6) is -1.83. The van der Waals surface area contributed by atoms with Crippen molar-refractivity contribution in [2.45, 2.75) is 12.5 Å². The molecule has 1 aromatic rings. The van der Waals surface area contributed by atoms with Crippen molar-refractivity contribution in [1.82, 2.24) is 5.48 Å². The van der Waals surface area contributed by atoms with Gasteiger partial charge < -0.3 is 10.8 Å². The van der Waals surface area contributed by atoms with Gasteiger partial charge in [-0.2, -0.15) is 0 Å². The number of carbonyl (C=O) groups excluding carboxylic acids is 1. The van der Waals surface area contributed by atoms with Crippen LogP contribution in [0.3, 0.4) is 0 Å². The largest absolute Gasteiger partial charge is 0.480 e. The van der Waals surface area contributed by atoms with Gasteiger partial charge in [0.05, 0.1) is 0 Å². The van der Waals surface area contributed by atoms with Crippen molar-refractivity contribution in [3.05, 3.63) is 35.4 Å². The van der Waals surface area contributed by atoms with Crippen LogP contribution in [0.25, 0.3) is 0 Å². The molecule has 0 radical (unpaired) electrons. The molecule has 1 aromatic carbocycles. The number of hydroxylamine groups is 1. The lowest BCUT2D eigenvalue weighted by Crippen LogP contribution is -2.33. The van der Waals surface area contributed by atoms with E-state index in [0.717, 1.165) is 0 Å². The summed E-state index contributed by atoms with van der Waals surface area (Å²) >= 11 is 0. The number of nitrogens with two attached hydrogens (primary N) is 1. The van der Waals surface area contributed by atoms with Crippen molar-refractivity contribution in [3.8, 4) is 0 Å². The lowest BCUT2D eigenvalue weighted by molar-refractivity contribution is -0.138. The quantitative estimate of drug-likeness (QED) is 0.416. The molecule has 0 aliphatic heterocycles. The van der Waals surface area contributed by atoms with Crippen molar-refractivity contribution < 1.29 is 19.9 Å². The predicted octanol–water partition coefficient (Wildman–Crippen LogP) is -0.240. The van der Waals surface area contributed by atoms with Gasteiger partial charge in [-0.25, -0.2) is 5.48 Å². The van der Waals surface area contributed by atoms with Crippen molar-refractivity contribution in [2.24, 2.45) is 5.73 Å². The molecule has 5 N–H and O–H groups in total. The van der Waals surface area contributed by atoms with Gasteiger partial charge in [0.25, 0.3) is 5.91 Å². The van der Waals surface area contributed by atoms with Gasteiger partial charge in [-0.1, -0.05) is 18.2 Å². The van der Waals surface area contributed by atoms with Gasteiger partial charge in [-0.3, -0.25) is 14.8 Å². The van der Waals surface area contributed by atoms with Crippen LogP contribution in [0.5, 0.6) is 0 Å². The number of carbonyl (C=O) groups is 2. The van der Waals surface area contributed by atoms with Crippen LogP contribution in [0.4, 0.5) is 0 Å². The van der Waals surface area contributed by atoms with Gasteiger partial charge in [0.15, 0.2) is 0 Å². The third-order valence-electron chi connectivity index (χ3n) is 2.12. The van der Waals surface area contributed by atoms with E-state index in [-0.39, 0.29) is 12.0 Å². The highest BCUT2D eigenvalue weighted by Crippen LogP contribution is 2.10. The number of amides is 1. The molecular weight excluding hydrogens is 212 g/mol. The maximum atomic E-state index is 11.2. The number of benzene rings is 1. The van der Waals surface area contributed by atoms with Gasteiger partial charge >= 0.3 is 5.97 Å². The van der Waals surface area contributed by atoms with Gasteiger partial charge in [0, 0.05) is 5.56 Å².